The molecule has 1 heterocycles. The third kappa shape index (κ3) is 2.51. The second-order valence-electron chi connectivity index (χ2n) is 4.15. The zero-order valence-electron chi connectivity index (χ0n) is 9.32. The van der Waals surface area contributed by atoms with E-state index in [1.165, 1.54) is 13.2 Å². The van der Waals surface area contributed by atoms with Crippen molar-refractivity contribution in [3.63, 3.8) is 0 Å². The number of halogens is 1. The van der Waals surface area contributed by atoms with Gasteiger partial charge in [0.15, 0.2) is 11.6 Å². The summed E-state index contributed by atoms with van der Waals surface area (Å²) in [6.07, 6.45) is 0.571. The Morgan fingerprint density at radius 3 is 2.94 bits per heavy atom. The molecule has 0 aromatic heterocycles. The normalized spacial score (nSPS) is 21.3. The molecule has 88 valence electrons. The van der Waals surface area contributed by atoms with Crippen molar-refractivity contribution < 1.29 is 14.2 Å². The van der Waals surface area contributed by atoms with E-state index in [1.54, 1.807) is 6.07 Å². The summed E-state index contributed by atoms with van der Waals surface area (Å²) in [7, 11) is 1.45. The van der Waals surface area contributed by atoms with Crippen LogP contribution in [0.25, 0.3) is 0 Å². The molecule has 1 aromatic carbocycles. The lowest BCUT2D eigenvalue weighted by atomic mass is 10.2. The largest absolute Gasteiger partial charge is 0.494 e. The van der Waals surface area contributed by atoms with Crippen molar-refractivity contribution in [2.75, 3.05) is 20.2 Å². The zero-order chi connectivity index (χ0) is 11.5. The van der Waals surface area contributed by atoms with E-state index in [0.29, 0.717) is 13.1 Å². The molecule has 1 fully saturated rings. The number of rotatable bonds is 3. The fraction of sp³-hybridized carbons (Fsp3) is 0.500. The molecule has 0 saturated carbocycles. The number of benzene rings is 1. The van der Waals surface area contributed by atoms with Crippen molar-refractivity contribution in [2.24, 2.45) is 0 Å². The van der Waals surface area contributed by atoms with Gasteiger partial charge in [-0.2, -0.15) is 0 Å². The molecular formula is C12H16FNO2. The number of methoxy groups -OCH3 is 1. The van der Waals surface area contributed by atoms with Gasteiger partial charge in [0.2, 0.25) is 0 Å². The third-order valence-corrected chi connectivity index (χ3v) is 2.87. The molecule has 16 heavy (non-hydrogen) atoms. The monoisotopic (exact) mass is 225 g/mol. The van der Waals surface area contributed by atoms with Crippen molar-refractivity contribution in [1.29, 1.82) is 0 Å². The third-order valence-electron chi connectivity index (χ3n) is 2.87. The lowest BCUT2D eigenvalue weighted by molar-refractivity contribution is 0.174. The number of aliphatic hydroxyl groups excluding tert-OH is 1. The second kappa shape index (κ2) is 4.80. The molecule has 1 N–H and O–H groups in total. The van der Waals surface area contributed by atoms with Crippen LogP contribution in [-0.2, 0) is 6.54 Å². The molecule has 0 amide bonds. The maximum Gasteiger partial charge on any atom is 0.165 e. The van der Waals surface area contributed by atoms with Crippen LogP contribution in [0, 0.1) is 5.82 Å². The van der Waals surface area contributed by atoms with Gasteiger partial charge < -0.3 is 9.84 Å². The predicted octanol–water partition coefficient (Wildman–Crippen LogP) is 1.40. The van der Waals surface area contributed by atoms with Crippen LogP contribution in [0.1, 0.15) is 12.0 Å². The molecule has 0 bridgehead atoms. The molecule has 1 atom stereocenters. The van der Waals surface area contributed by atoms with Gasteiger partial charge in [0.05, 0.1) is 13.2 Å². The maximum absolute atomic E-state index is 13.4. The van der Waals surface area contributed by atoms with Crippen LogP contribution in [0.15, 0.2) is 18.2 Å². The van der Waals surface area contributed by atoms with Crippen LogP contribution >= 0.6 is 0 Å². The van der Waals surface area contributed by atoms with E-state index >= 15 is 0 Å². The summed E-state index contributed by atoms with van der Waals surface area (Å²) in [5.41, 5.74) is 0.910. The SMILES string of the molecule is COc1ccc(CN2CCC(O)C2)cc1F. The van der Waals surface area contributed by atoms with Crippen molar-refractivity contribution in [3.05, 3.63) is 29.6 Å². The minimum absolute atomic E-state index is 0.233. The number of nitrogens with zero attached hydrogens (tertiary/aromatic N) is 1. The predicted molar refractivity (Wildman–Crippen MR) is 58.9 cm³/mol. The van der Waals surface area contributed by atoms with Gasteiger partial charge in [-0.15, -0.1) is 0 Å². The fourth-order valence-electron chi connectivity index (χ4n) is 2.02. The van der Waals surface area contributed by atoms with E-state index < -0.39 is 0 Å². The van der Waals surface area contributed by atoms with Crippen LogP contribution in [0.2, 0.25) is 0 Å². The van der Waals surface area contributed by atoms with Gasteiger partial charge in [0.1, 0.15) is 0 Å². The van der Waals surface area contributed by atoms with Crippen molar-refractivity contribution in [1.82, 2.24) is 4.90 Å². The molecule has 0 spiro atoms. The summed E-state index contributed by atoms with van der Waals surface area (Å²) < 4.78 is 18.3. The number of aliphatic hydroxyl groups is 1. The van der Waals surface area contributed by atoms with Gasteiger partial charge in [-0.1, -0.05) is 6.07 Å². The Labute approximate surface area is 94.4 Å². The number of hydrogen-bond acceptors (Lipinski definition) is 3. The highest BCUT2D eigenvalue weighted by Crippen LogP contribution is 2.20. The molecule has 0 aliphatic carbocycles. The van der Waals surface area contributed by atoms with Gasteiger partial charge in [-0.3, -0.25) is 4.90 Å². The van der Waals surface area contributed by atoms with Crippen LogP contribution in [0.5, 0.6) is 5.75 Å². The Hall–Kier alpha value is -1.13. The van der Waals surface area contributed by atoms with Crippen LogP contribution in [0.4, 0.5) is 4.39 Å². The van der Waals surface area contributed by atoms with Gasteiger partial charge >= 0.3 is 0 Å². The van der Waals surface area contributed by atoms with Crippen molar-refractivity contribution >= 4 is 0 Å². The van der Waals surface area contributed by atoms with E-state index in [9.17, 15) is 9.50 Å². The summed E-state index contributed by atoms with van der Waals surface area (Å²) >= 11 is 0. The Morgan fingerprint density at radius 2 is 2.38 bits per heavy atom. The van der Waals surface area contributed by atoms with Crippen molar-refractivity contribution in [2.45, 2.75) is 19.1 Å². The number of likely N-dealkylation sites (tertiary alicyclic amines) is 1. The molecule has 1 aromatic rings. The summed E-state index contributed by atoms with van der Waals surface area (Å²) in [5.74, 6) is -0.0649. The van der Waals surface area contributed by atoms with Gasteiger partial charge in [-0.25, -0.2) is 4.39 Å². The number of ether oxygens (including phenoxy) is 1. The Morgan fingerprint density at radius 1 is 1.56 bits per heavy atom. The first kappa shape index (κ1) is 11.4. The van der Waals surface area contributed by atoms with Crippen molar-refractivity contribution in [3.8, 4) is 5.75 Å². The minimum Gasteiger partial charge on any atom is -0.494 e. The average Bonchev–Trinajstić information content (AvgIpc) is 2.64. The van der Waals surface area contributed by atoms with Gasteiger partial charge in [0.25, 0.3) is 0 Å². The minimum atomic E-state index is -0.334. The summed E-state index contributed by atoms with van der Waals surface area (Å²) in [6, 6.07) is 4.98. The lowest BCUT2D eigenvalue weighted by Gasteiger charge is -2.15. The first-order valence-electron chi connectivity index (χ1n) is 5.42. The molecule has 2 rings (SSSR count). The molecule has 1 saturated heterocycles. The molecular weight excluding hydrogens is 209 g/mol. The molecule has 1 unspecified atom stereocenters. The molecule has 0 radical (unpaired) electrons. The fourth-order valence-corrected chi connectivity index (χ4v) is 2.02. The topological polar surface area (TPSA) is 32.7 Å². The smallest absolute Gasteiger partial charge is 0.165 e. The highest BCUT2D eigenvalue weighted by molar-refractivity contribution is 5.29. The first-order valence-corrected chi connectivity index (χ1v) is 5.42. The van der Waals surface area contributed by atoms with E-state index in [-0.39, 0.29) is 17.7 Å². The quantitative estimate of drug-likeness (QED) is 0.844. The van der Waals surface area contributed by atoms with Gasteiger partial charge in [0, 0.05) is 19.6 Å². The maximum atomic E-state index is 13.4. The zero-order valence-corrected chi connectivity index (χ0v) is 9.32. The van der Waals surface area contributed by atoms with E-state index in [0.717, 1.165) is 18.5 Å². The summed E-state index contributed by atoms with van der Waals surface area (Å²) in [6.45, 7) is 2.22. The van der Waals surface area contributed by atoms with E-state index in [4.69, 9.17) is 4.74 Å². The Balaban J connectivity index is 2.02. The highest BCUT2D eigenvalue weighted by Gasteiger charge is 2.20. The van der Waals surface area contributed by atoms with E-state index in [1.807, 2.05) is 6.07 Å². The number of β-amino-alcohol motifs (C(OH)–C–C–N with tert-alkyl or cyclic N) is 1. The standard InChI is InChI=1S/C12H16FNO2/c1-16-12-3-2-9(6-11(12)13)7-14-5-4-10(15)8-14/h2-3,6,10,15H,4-5,7-8H2,1H3. The van der Waals surface area contributed by atoms with Crippen LogP contribution in [0.3, 0.4) is 0 Å². The van der Waals surface area contributed by atoms with E-state index in [2.05, 4.69) is 4.90 Å². The average molecular weight is 225 g/mol. The van der Waals surface area contributed by atoms with Crippen LogP contribution in [-0.4, -0.2) is 36.3 Å². The summed E-state index contributed by atoms with van der Waals surface area (Å²) in [4.78, 5) is 2.12. The Bertz CT molecular complexity index is 370. The molecule has 3 nitrogen and oxygen atoms in total. The first-order chi connectivity index (χ1) is 7.69. The highest BCUT2D eigenvalue weighted by atomic mass is 19.1. The molecule has 1 aliphatic heterocycles. The number of hydrogen-bond donors (Lipinski definition) is 1. The van der Waals surface area contributed by atoms with Gasteiger partial charge in [-0.05, 0) is 24.1 Å². The summed E-state index contributed by atoms with van der Waals surface area (Å²) in [5, 5.41) is 9.38. The lowest BCUT2D eigenvalue weighted by Crippen LogP contribution is -2.21. The van der Waals surface area contributed by atoms with Crippen LogP contribution < -0.4 is 4.74 Å². The second-order valence-corrected chi connectivity index (χ2v) is 4.15. The Kier molecular flexibility index (Phi) is 3.41. The molecule has 1 aliphatic rings. The molecule has 4 heteroatoms.